The second kappa shape index (κ2) is 8.57. The standard InChI is InChI=1S/C22H17ClF3NO/c23-21-17(7-4-14-27-21)16-12-10-15(11-13-16)5-3-9-20(28)18-6-1-2-8-19(18)22(24,25)26/h1-2,4,6-8,10-14H,3,5,9H2. The lowest BCUT2D eigenvalue weighted by Crippen LogP contribution is -2.13. The van der Waals surface area contributed by atoms with Crippen LogP contribution >= 0.6 is 11.6 Å². The van der Waals surface area contributed by atoms with Crippen LogP contribution in [0.15, 0.2) is 66.9 Å². The van der Waals surface area contributed by atoms with Crippen molar-refractivity contribution < 1.29 is 18.0 Å². The molecular formula is C22H17ClF3NO. The van der Waals surface area contributed by atoms with Gasteiger partial charge in [0.1, 0.15) is 5.15 Å². The number of hydrogen-bond donors (Lipinski definition) is 0. The Morgan fingerprint density at radius 1 is 0.964 bits per heavy atom. The summed E-state index contributed by atoms with van der Waals surface area (Å²) in [6.07, 6.45) is -1.79. The second-order valence-corrected chi connectivity index (χ2v) is 6.72. The minimum atomic E-state index is -4.53. The Balaban J connectivity index is 1.62. The number of pyridine rings is 1. The third kappa shape index (κ3) is 4.78. The molecule has 0 spiro atoms. The van der Waals surface area contributed by atoms with Gasteiger partial charge in [-0.15, -0.1) is 0 Å². The molecule has 0 aliphatic heterocycles. The summed E-state index contributed by atoms with van der Waals surface area (Å²) in [5.74, 6) is -0.494. The Bertz CT molecular complexity index is 968. The van der Waals surface area contributed by atoms with E-state index in [1.165, 1.54) is 18.2 Å². The van der Waals surface area contributed by atoms with Gasteiger partial charge in [0.15, 0.2) is 5.78 Å². The van der Waals surface area contributed by atoms with Gasteiger partial charge in [0.05, 0.1) is 5.56 Å². The smallest absolute Gasteiger partial charge is 0.294 e. The topological polar surface area (TPSA) is 30.0 Å². The van der Waals surface area contributed by atoms with E-state index in [0.717, 1.165) is 22.8 Å². The zero-order chi connectivity index (χ0) is 20.1. The number of carbonyl (C=O) groups is 1. The van der Waals surface area contributed by atoms with Crippen molar-refractivity contribution in [3.8, 4) is 11.1 Å². The van der Waals surface area contributed by atoms with Gasteiger partial charge in [0, 0.05) is 23.7 Å². The third-order valence-corrected chi connectivity index (χ3v) is 4.73. The number of rotatable bonds is 6. The molecular weight excluding hydrogens is 387 g/mol. The molecule has 0 aliphatic carbocycles. The summed E-state index contributed by atoms with van der Waals surface area (Å²) in [7, 11) is 0. The summed E-state index contributed by atoms with van der Waals surface area (Å²) < 4.78 is 39.1. The van der Waals surface area contributed by atoms with E-state index < -0.39 is 17.5 Å². The van der Waals surface area contributed by atoms with E-state index in [1.54, 1.807) is 12.3 Å². The normalized spacial score (nSPS) is 11.4. The number of aromatic nitrogens is 1. The van der Waals surface area contributed by atoms with E-state index in [2.05, 4.69) is 4.98 Å². The van der Waals surface area contributed by atoms with E-state index in [9.17, 15) is 18.0 Å². The van der Waals surface area contributed by atoms with Crippen LogP contribution in [-0.2, 0) is 12.6 Å². The van der Waals surface area contributed by atoms with Crippen LogP contribution in [0.5, 0.6) is 0 Å². The number of halogens is 4. The fourth-order valence-corrected chi connectivity index (χ4v) is 3.24. The summed E-state index contributed by atoms with van der Waals surface area (Å²) in [6, 6.07) is 16.3. The van der Waals surface area contributed by atoms with Crippen molar-refractivity contribution in [3.05, 3.63) is 88.7 Å². The first-order valence-electron chi connectivity index (χ1n) is 8.75. The summed E-state index contributed by atoms with van der Waals surface area (Å²) >= 11 is 6.09. The Morgan fingerprint density at radius 3 is 2.36 bits per heavy atom. The average molecular weight is 404 g/mol. The van der Waals surface area contributed by atoms with Crippen molar-refractivity contribution in [2.24, 2.45) is 0 Å². The Morgan fingerprint density at radius 2 is 1.68 bits per heavy atom. The molecule has 0 bridgehead atoms. The number of benzene rings is 2. The predicted molar refractivity (Wildman–Crippen MR) is 103 cm³/mol. The molecule has 144 valence electrons. The van der Waals surface area contributed by atoms with Crippen LogP contribution < -0.4 is 0 Å². The highest BCUT2D eigenvalue weighted by atomic mass is 35.5. The maximum Gasteiger partial charge on any atom is 0.417 e. The molecule has 0 N–H and O–H groups in total. The maximum atomic E-state index is 13.0. The molecule has 0 unspecified atom stereocenters. The van der Waals surface area contributed by atoms with Crippen LogP contribution in [0.25, 0.3) is 11.1 Å². The SMILES string of the molecule is O=C(CCCc1ccc(-c2cccnc2Cl)cc1)c1ccccc1C(F)(F)F. The number of nitrogens with zero attached hydrogens (tertiary/aromatic N) is 1. The molecule has 0 fully saturated rings. The number of ketones is 1. The summed E-state index contributed by atoms with van der Waals surface area (Å²) in [4.78, 5) is 16.3. The van der Waals surface area contributed by atoms with Crippen LogP contribution in [0.2, 0.25) is 5.15 Å². The summed E-state index contributed by atoms with van der Waals surface area (Å²) in [5, 5.41) is 0.421. The minimum absolute atomic E-state index is 0.0588. The lowest BCUT2D eigenvalue weighted by molar-refractivity contribution is -0.137. The van der Waals surface area contributed by atoms with Crippen LogP contribution in [0.1, 0.15) is 34.3 Å². The van der Waals surface area contributed by atoms with Gasteiger partial charge < -0.3 is 0 Å². The molecule has 2 nitrogen and oxygen atoms in total. The van der Waals surface area contributed by atoms with Crippen molar-refractivity contribution in [2.75, 3.05) is 0 Å². The second-order valence-electron chi connectivity index (χ2n) is 6.36. The van der Waals surface area contributed by atoms with Crippen molar-refractivity contribution in [2.45, 2.75) is 25.4 Å². The van der Waals surface area contributed by atoms with E-state index in [1.807, 2.05) is 30.3 Å². The van der Waals surface area contributed by atoms with Gasteiger partial charge in [-0.2, -0.15) is 13.2 Å². The first-order valence-corrected chi connectivity index (χ1v) is 9.13. The van der Waals surface area contributed by atoms with Crippen molar-refractivity contribution in [3.63, 3.8) is 0 Å². The molecule has 6 heteroatoms. The van der Waals surface area contributed by atoms with Gasteiger partial charge >= 0.3 is 6.18 Å². The highest BCUT2D eigenvalue weighted by Crippen LogP contribution is 2.32. The molecule has 1 aromatic heterocycles. The average Bonchev–Trinajstić information content (AvgIpc) is 2.68. The van der Waals surface area contributed by atoms with E-state index in [4.69, 9.17) is 11.6 Å². The first-order chi connectivity index (χ1) is 13.4. The fraction of sp³-hybridized carbons (Fsp3) is 0.182. The van der Waals surface area contributed by atoms with Crippen LogP contribution in [-0.4, -0.2) is 10.8 Å². The Hall–Kier alpha value is -2.66. The number of hydrogen-bond acceptors (Lipinski definition) is 2. The molecule has 3 aromatic rings. The monoisotopic (exact) mass is 403 g/mol. The molecule has 0 aliphatic rings. The molecule has 0 amide bonds. The number of aryl methyl sites for hydroxylation is 1. The highest BCUT2D eigenvalue weighted by Gasteiger charge is 2.34. The van der Waals surface area contributed by atoms with Crippen LogP contribution in [0, 0.1) is 0 Å². The molecule has 2 aromatic carbocycles. The molecule has 3 rings (SSSR count). The van der Waals surface area contributed by atoms with E-state index in [0.29, 0.717) is 18.0 Å². The van der Waals surface area contributed by atoms with E-state index in [-0.39, 0.29) is 12.0 Å². The van der Waals surface area contributed by atoms with Crippen molar-refractivity contribution in [1.29, 1.82) is 0 Å². The van der Waals surface area contributed by atoms with Gasteiger partial charge in [-0.25, -0.2) is 4.98 Å². The predicted octanol–water partition coefficient (Wildman–Crippen LogP) is 6.63. The Kier molecular flexibility index (Phi) is 6.15. The lowest BCUT2D eigenvalue weighted by Gasteiger charge is -2.11. The van der Waals surface area contributed by atoms with Crippen molar-refractivity contribution >= 4 is 17.4 Å². The van der Waals surface area contributed by atoms with Gasteiger partial charge in [-0.05, 0) is 42.2 Å². The van der Waals surface area contributed by atoms with Crippen LogP contribution in [0.3, 0.4) is 0 Å². The molecule has 28 heavy (non-hydrogen) atoms. The zero-order valence-corrected chi connectivity index (χ0v) is 15.6. The van der Waals surface area contributed by atoms with Gasteiger partial charge in [-0.1, -0.05) is 54.1 Å². The molecule has 0 saturated carbocycles. The number of carbonyl (C=O) groups excluding carboxylic acids is 1. The zero-order valence-electron chi connectivity index (χ0n) is 14.8. The molecule has 0 saturated heterocycles. The summed E-state index contributed by atoms with van der Waals surface area (Å²) in [5.41, 5.74) is 1.61. The first kappa shape index (κ1) is 20.1. The lowest BCUT2D eigenvalue weighted by atomic mass is 9.97. The van der Waals surface area contributed by atoms with Gasteiger partial charge in [0.25, 0.3) is 0 Å². The van der Waals surface area contributed by atoms with E-state index >= 15 is 0 Å². The number of alkyl halides is 3. The summed E-state index contributed by atoms with van der Waals surface area (Å²) in [6.45, 7) is 0. The minimum Gasteiger partial charge on any atom is -0.294 e. The molecule has 0 radical (unpaired) electrons. The van der Waals surface area contributed by atoms with Gasteiger partial charge in [-0.3, -0.25) is 4.79 Å². The highest BCUT2D eigenvalue weighted by molar-refractivity contribution is 6.32. The fourth-order valence-electron chi connectivity index (χ4n) is 3.01. The van der Waals surface area contributed by atoms with Gasteiger partial charge in [0.2, 0.25) is 0 Å². The quantitative estimate of drug-likeness (QED) is 0.341. The van der Waals surface area contributed by atoms with Crippen LogP contribution in [0.4, 0.5) is 13.2 Å². The maximum absolute atomic E-state index is 13.0. The third-order valence-electron chi connectivity index (χ3n) is 4.43. The molecule has 0 atom stereocenters. The molecule has 1 heterocycles. The largest absolute Gasteiger partial charge is 0.417 e. The van der Waals surface area contributed by atoms with Crippen molar-refractivity contribution in [1.82, 2.24) is 4.98 Å². The number of Topliss-reactive ketones (excluding diaryl/α,β-unsaturated/α-hetero) is 1. The Labute approximate surface area is 166 Å².